The van der Waals surface area contributed by atoms with Crippen molar-refractivity contribution in [2.45, 2.75) is 52.6 Å². The molecular weight excluding hydrogens is 312 g/mol. The first-order chi connectivity index (χ1) is 10.9. The van der Waals surface area contributed by atoms with Crippen molar-refractivity contribution in [3.8, 4) is 0 Å². The molecule has 0 aliphatic heterocycles. The van der Waals surface area contributed by atoms with E-state index in [1.807, 2.05) is 46.4 Å². The molecule has 0 saturated carbocycles. The molecule has 0 aromatic carbocycles. The van der Waals surface area contributed by atoms with E-state index in [0.29, 0.717) is 26.2 Å². The van der Waals surface area contributed by atoms with Crippen molar-refractivity contribution in [3.05, 3.63) is 0 Å². The SMILES string of the molecule is CC(C)(C)NC(=O)OCCN(CCN)CCOC(=O)NC(C)(C)C. The summed E-state index contributed by atoms with van der Waals surface area (Å²) in [5.41, 5.74) is 4.91. The number of hydrogen-bond acceptors (Lipinski definition) is 6. The number of rotatable bonds is 8. The molecule has 0 aromatic rings. The average molecular weight is 346 g/mol. The molecular formula is C16H34N4O4. The molecule has 0 bridgehead atoms. The standard InChI is InChI=1S/C16H34N4O4/c1-15(2,3)18-13(21)23-11-9-20(8-7-17)10-12-24-14(22)19-16(4,5)6/h7-12,17H2,1-6H3,(H,18,21)(H,19,22). The molecule has 0 radical (unpaired) electrons. The number of ether oxygens (including phenoxy) is 2. The van der Waals surface area contributed by atoms with Gasteiger partial charge in [0.05, 0.1) is 0 Å². The minimum atomic E-state index is -0.448. The van der Waals surface area contributed by atoms with E-state index in [2.05, 4.69) is 10.6 Å². The molecule has 0 fully saturated rings. The first kappa shape index (κ1) is 22.5. The number of nitrogens with one attached hydrogen (secondary N) is 2. The van der Waals surface area contributed by atoms with Crippen LogP contribution in [0.1, 0.15) is 41.5 Å². The predicted molar refractivity (Wildman–Crippen MR) is 94.0 cm³/mol. The second kappa shape index (κ2) is 10.4. The predicted octanol–water partition coefficient (Wildman–Crippen LogP) is 1.30. The Morgan fingerprint density at radius 3 is 1.50 bits per heavy atom. The van der Waals surface area contributed by atoms with Crippen molar-refractivity contribution in [1.29, 1.82) is 0 Å². The summed E-state index contributed by atoms with van der Waals surface area (Å²) in [5.74, 6) is 0. The second-order valence-corrected chi connectivity index (χ2v) is 7.65. The second-order valence-electron chi connectivity index (χ2n) is 7.65. The molecule has 0 heterocycles. The number of carbonyl (C=O) groups excluding carboxylic acids is 2. The van der Waals surface area contributed by atoms with Gasteiger partial charge in [0, 0.05) is 37.3 Å². The van der Waals surface area contributed by atoms with Crippen LogP contribution in [0.5, 0.6) is 0 Å². The van der Waals surface area contributed by atoms with E-state index in [0.717, 1.165) is 0 Å². The highest BCUT2D eigenvalue weighted by Crippen LogP contribution is 2.00. The number of nitrogens with two attached hydrogens (primary N) is 1. The fourth-order valence-electron chi connectivity index (χ4n) is 1.74. The highest BCUT2D eigenvalue weighted by atomic mass is 16.6. The van der Waals surface area contributed by atoms with Gasteiger partial charge in [-0.15, -0.1) is 0 Å². The quantitative estimate of drug-likeness (QED) is 0.612. The Morgan fingerprint density at radius 1 is 0.833 bits per heavy atom. The maximum Gasteiger partial charge on any atom is 0.407 e. The zero-order valence-electron chi connectivity index (χ0n) is 15.9. The van der Waals surface area contributed by atoms with E-state index in [-0.39, 0.29) is 24.3 Å². The molecule has 142 valence electrons. The van der Waals surface area contributed by atoms with Crippen LogP contribution in [-0.4, -0.2) is 67.6 Å². The Bertz CT molecular complexity index is 355. The van der Waals surface area contributed by atoms with Crippen LogP contribution in [0, 0.1) is 0 Å². The summed E-state index contributed by atoms with van der Waals surface area (Å²) in [6.45, 7) is 14.0. The van der Waals surface area contributed by atoms with Gasteiger partial charge in [-0.1, -0.05) is 0 Å². The summed E-state index contributed by atoms with van der Waals surface area (Å²) in [6.07, 6.45) is -0.896. The third-order valence-electron chi connectivity index (χ3n) is 2.68. The number of alkyl carbamates (subject to hydrolysis) is 2. The van der Waals surface area contributed by atoms with Gasteiger partial charge in [0.25, 0.3) is 0 Å². The van der Waals surface area contributed by atoms with Gasteiger partial charge in [-0.05, 0) is 41.5 Å². The van der Waals surface area contributed by atoms with E-state index in [4.69, 9.17) is 15.2 Å². The van der Waals surface area contributed by atoms with Crippen LogP contribution in [0.25, 0.3) is 0 Å². The first-order valence-corrected chi connectivity index (χ1v) is 8.25. The maximum atomic E-state index is 11.6. The van der Waals surface area contributed by atoms with Gasteiger partial charge < -0.3 is 25.8 Å². The van der Waals surface area contributed by atoms with Crippen LogP contribution >= 0.6 is 0 Å². The molecule has 0 aliphatic carbocycles. The normalized spacial score (nSPS) is 12.0. The third-order valence-corrected chi connectivity index (χ3v) is 2.68. The van der Waals surface area contributed by atoms with E-state index in [1.165, 1.54) is 0 Å². The molecule has 0 atom stereocenters. The summed E-state index contributed by atoms with van der Waals surface area (Å²) in [5, 5.41) is 5.45. The van der Waals surface area contributed by atoms with Crippen LogP contribution in [-0.2, 0) is 9.47 Å². The van der Waals surface area contributed by atoms with Gasteiger partial charge >= 0.3 is 12.2 Å². The summed E-state index contributed by atoms with van der Waals surface area (Å²) in [7, 11) is 0. The Morgan fingerprint density at radius 2 is 1.21 bits per heavy atom. The topological polar surface area (TPSA) is 106 Å². The van der Waals surface area contributed by atoms with E-state index in [1.54, 1.807) is 0 Å². The van der Waals surface area contributed by atoms with E-state index >= 15 is 0 Å². The number of carbonyl (C=O) groups is 2. The Hall–Kier alpha value is -1.54. The lowest BCUT2D eigenvalue weighted by atomic mass is 10.1. The minimum absolute atomic E-state index is 0.246. The van der Waals surface area contributed by atoms with Gasteiger partial charge in [-0.3, -0.25) is 4.90 Å². The molecule has 0 rings (SSSR count). The van der Waals surface area contributed by atoms with Crippen molar-refractivity contribution in [2.75, 3.05) is 39.4 Å². The van der Waals surface area contributed by atoms with Crippen LogP contribution < -0.4 is 16.4 Å². The summed E-state index contributed by atoms with van der Waals surface area (Å²) < 4.78 is 10.3. The molecule has 4 N–H and O–H groups in total. The fourth-order valence-corrected chi connectivity index (χ4v) is 1.74. The molecule has 0 aliphatic rings. The Kier molecular flexibility index (Phi) is 9.69. The molecule has 8 nitrogen and oxygen atoms in total. The average Bonchev–Trinajstić information content (AvgIpc) is 2.34. The van der Waals surface area contributed by atoms with Crippen molar-refractivity contribution < 1.29 is 19.1 Å². The summed E-state index contributed by atoms with van der Waals surface area (Å²) >= 11 is 0. The zero-order chi connectivity index (χ0) is 18.8. The molecule has 0 aromatic heterocycles. The summed E-state index contributed by atoms with van der Waals surface area (Å²) in [6, 6.07) is 0. The third kappa shape index (κ3) is 14.1. The van der Waals surface area contributed by atoms with Crippen molar-refractivity contribution in [3.63, 3.8) is 0 Å². The molecule has 2 amide bonds. The van der Waals surface area contributed by atoms with Crippen LogP contribution in [0.4, 0.5) is 9.59 Å². The van der Waals surface area contributed by atoms with Crippen molar-refractivity contribution in [2.24, 2.45) is 5.73 Å². The molecule has 0 unspecified atom stereocenters. The van der Waals surface area contributed by atoms with Crippen molar-refractivity contribution in [1.82, 2.24) is 15.5 Å². The Balaban J connectivity index is 4.05. The Labute approximate surface area is 145 Å². The summed E-state index contributed by atoms with van der Waals surface area (Å²) in [4.78, 5) is 25.1. The number of hydrogen-bond donors (Lipinski definition) is 3. The van der Waals surface area contributed by atoms with Gasteiger partial charge in [-0.25, -0.2) is 9.59 Å². The van der Waals surface area contributed by atoms with Gasteiger partial charge in [-0.2, -0.15) is 0 Å². The van der Waals surface area contributed by atoms with Crippen molar-refractivity contribution >= 4 is 12.2 Å². The van der Waals surface area contributed by atoms with Crippen LogP contribution in [0.2, 0.25) is 0 Å². The smallest absolute Gasteiger partial charge is 0.407 e. The lowest BCUT2D eigenvalue weighted by molar-refractivity contribution is 0.102. The van der Waals surface area contributed by atoms with Gasteiger partial charge in [0.1, 0.15) is 13.2 Å². The number of nitrogens with zero attached hydrogens (tertiary/aromatic N) is 1. The minimum Gasteiger partial charge on any atom is -0.448 e. The van der Waals surface area contributed by atoms with Crippen LogP contribution in [0.3, 0.4) is 0 Å². The maximum absolute atomic E-state index is 11.6. The largest absolute Gasteiger partial charge is 0.448 e. The van der Waals surface area contributed by atoms with Crippen LogP contribution in [0.15, 0.2) is 0 Å². The highest BCUT2D eigenvalue weighted by Gasteiger charge is 2.16. The molecule has 0 saturated heterocycles. The molecule has 0 spiro atoms. The number of amides is 2. The first-order valence-electron chi connectivity index (χ1n) is 8.25. The highest BCUT2D eigenvalue weighted by molar-refractivity contribution is 5.68. The van der Waals surface area contributed by atoms with Gasteiger partial charge in [0.2, 0.25) is 0 Å². The van der Waals surface area contributed by atoms with E-state index < -0.39 is 12.2 Å². The monoisotopic (exact) mass is 346 g/mol. The van der Waals surface area contributed by atoms with Gasteiger partial charge in [0.15, 0.2) is 0 Å². The zero-order valence-corrected chi connectivity index (χ0v) is 15.9. The molecule has 24 heavy (non-hydrogen) atoms. The lowest BCUT2D eigenvalue weighted by Crippen LogP contribution is -2.43. The lowest BCUT2D eigenvalue weighted by Gasteiger charge is -2.24. The fraction of sp³-hybridized carbons (Fsp3) is 0.875. The van der Waals surface area contributed by atoms with E-state index in [9.17, 15) is 9.59 Å². The molecule has 8 heteroatoms.